The van der Waals surface area contributed by atoms with Gasteiger partial charge in [-0.05, 0) is 37.5 Å². The van der Waals surface area contributed by atoms with Crippen LogP contribution in [0.1, 0.15) is 54.6 Å². The number of aryl methyl sites for hydroxylation is 1. The first-order valence-electron chi connectivity index (χ1n) is 7.69. The van der Waals surface area contributed by atoms with Gasteiger partial charge in [0.2, 0.25) is 0 Å². The van der Waals surface area contributed by atoms with Crippen molar-refractivity contribution < 1.29 is 4.39 Å². The Hall–Kier alpha value is -1.68. The third kappa shape index (κ3) is 3.16. The average molecular weight is 287 g/mol. The maximum absolute atomic E-state index is 13.9. The molecule has 1 heterocycles. The Bertz CT molecular complexity index is 614. The van der Waals surface area contributed by atoms with E-state index < -0.39 is 0 Å². The van der Waals surface area contributed by atoms with Crippen molar-refractivity contribution in [2.75, 3.05) is 0 Å². The topological polar surface area (TPSA) is 43.8 Å². The van der Waals surface area contributed by atoms with E-state index in [9.17, 15) is 4.39 Å². The molecule has 3 rings (SSSR count). The summed E-state index contributed by atoms with van der Waals surface area (Å²) < 4.78 is 16.0. The quantitative estimate of drug-likeness (QED) is 0.932. The van der Waals surface area contributed by atoms with Crippen molar-refractivity contribution in [3.8, 4) is 0 Å². The monoisotopic (exact) mass is 287 g/mol. The molecule has 1 aromatic heterocycles. The van der Waals surface area contributed by atoms with Crippen LogP contribution in [0.3, 0.4) is 0 Å². The molecule has 1 unspecified atom stereocenters. The summed E-state index contributed by atoms with van der Waals surface area (Å²) in [5, 5.41) is 4.62. The van der Waals surface area contributed by atoms with Crippen LogP contribution < -0.4 is 5.73 Å². The number of nitrogens with two attached hydrogens (primary N) is 1. The van der Waals surface area contributed by atoms with Gasteiger partial charge in [0.05, 0.1) is 11.7 Å². The molecule has 1 fully saturated rings. The molecule has 0 spiro atoms. The fraction of sp³-hybridized carbons (Fsp3) is 0.471. The molecule has 3 nitrogen and oxygen atoms in total. The summed E-state index contributed by atoms with van der Waals surface area (Å²) in [6, 6.07) is 7.40. The van der Waals surface area contributed by atoms with Gasteiger partial charge in [-0.25, -0.2) is 4.39 Å². The molecule has 0 saturated heterocycles. The Labute approximate surface area is 125 Å². The summed E-state index contributed by atoms with van der Waals surface area (Å²) in [4.78, 5) is 0. The molecule has 0 radical (unpaired) electrons. The fourth-order valence-electron chi connectivity index (χ4n) is 3.13. The Kier molecular flexibility index (Phi) is 4.06. The molecule has 0 bridgehead atoms. The minimum absolute atomic E-state index is 0.224. The lowest BCUT2D eigenvalue weighted by Gasteiger charge is -2.13. The van der Waals surface area contributed by atoms with E-state index in [1.54, 1.807) is 6.07 Å². The summed E-state index contributed by atoms with van der Waals surface area (Å²) in [6.07, 6.45) is 7.59. The van der Waals surface area contributed by atoms with Crippen LogP contribution in [0.4, 0.5) is 4.39 Å². The zero-order valence-corrected chi connectivity index (χ0v) is 12.4. The second-order valence-corrected chi connectivity index (χ2v) is 6.06. The van der Waals surface area contributed by atoms with Gasteiger partial charge < -0.3 is 5.73 Å². The Balaban J connectivity index is 1.70. The first kappa shape index (κ1) is 14.3. The molecular formula is C17H22FN3. The highest BCUT2D eigenvalue weighted by Gasteiger charge is 2.19. The van der Waals surface area contributed by atoms with Gasteiger partial charge in [-0.2, -0.15) is 5.10 Å². The number of hydrogen-bond acceptors (Lipinski definition) is 2. The zero-order chi connectivity index (χ0) is 14.8. The molecule has 21 heavy (non-hydrogen) atoms. The molecule has 2 aromatic rings. The fourth-order valence-corrected chi connectivity index (χ4v) is 3.13. The van der Waals surface area contributed by atoms with Crippen LogP contribution in [0.25, 0.3) is 0 Å². The van der Waals surface area contributed by atoms with E-state index in [0.29, 0.717) is 18.0 Å². The maximum Gasteiger partial charge on any atom is 0.128 e. The van der Waals surface area contributed by atoms with Crippen molar-refractivity contribution in [3.05, 3.63) is 53.1 Å². The lowest BCUT2D eigenvalue weighted by molar-refractivity contribution is 0.460. The third-order valence-corrected chi connectivity index (χ3v) is 4.35. The summed E-state index contributed by atoms with van der Waals surface area (Å²) in [6.45, 7) is 1.88. The molecule has 2 N–H and O–H groups in total. The molecule has 0 aliphatic heterocycles. The van der Waals surface area contributed by atoms with Gasteiger partial charge >= 0.3 is 0 Å². The van der Waals surface area contributed by atoms with Gasteiger partial charge in [0.25, 0.3) is 0 Å². The van der Waals surface area contributed by atoms with Gasteiger partial charge in [-0.1, -0.05) is 25.0 Å². The molecule has 4 heteroatoms. The highest BCUT2D eigenvalue weighted by Crippen LogP contribution is 2.29. The van der Waals surface area contributed by atoms with Crippen molar-refractivity contribution in [2.45, 2.75) is 51.1 Å². The molecule has 1 aromatic carbocycles. The molecular weight excluding hydrogens is 265 g/mol. The standard InChI is InChI=1S/C17H22FN3/c1-12-6-7-15(16(18)10-12)17(19)11-13-8-9-21(20-13)14-4-2-3-5-14/h6-10,14,17H,2-5,11,19H2,1H3. The molecule has 1 atom stereocenters. The number of benzene rings is 1. The Morgan fingerprint density at radius 1 is 1.33 bits per heavy atom. The van der Waals surface area contributed by atoms with Crippen LogP contribution in [0, 0.1) is 12.7 Å². The zero-order valence-electron chi connectivity index (χ0n) is 12.4. The van der Waals surface area contributed by atoms with Crippen molar-refractivity contribution in [3.63, 3.8) is 0 Å². The second kappa shape index (κ2) is 5.98. The largest absolute Gasteiger partial charge is 0.324 e. The van der Waals surface area contributed by atoms with Gasteiger partial charge in [-0.15, -0.1) is 0 Å². The molecule has 1 aliphatic carbocycles. The number of halogens is 1. The molecule has 0 amide bonds. The van der Waals surface area contributed by atoms with Crippen molar-refractivity contribution >= 4 is 0 Å². The number of aromatic nitrogens is 2. The Morgan fingerprint density at radius 3 is 2.81 bits per heavy atom. The van der Waals surface area contributed by atoms with Crippen LogP contribution in [0.5, 0.6) is 0 Å². The smallest absolute Gasteiger partial charge is 0.128 e. The number of hydrogen-bond donors (Lipinski definition) is 1. The molecule has 112 valence electrons. The normalized spacial score (nSPS) is 17.3. The lowest BCUT2D eigenvalue weighted by atomic mass is 10.0. The Morgan fingerprint density at radius 2 is 2.10 bits per heavy atom. The molecule has 1 aliphatic rings. The predicted molar refractivity (Wildman–Crippen MR) is 81.5 cm³/mol. The third-order valence-electron chi connectivity index (χ3n) is 4.35. The minimum atomic E-state index is -0.350. The van der Waals surface area contributed by atoms with E-state index in [0.717, 1.165) is 11.3 Å². The SMILES string of the molecule is Cc1ccc(C(N)Cc2ccn(C3CCCC3)n2)c(F)c1. The summed E-state index contributed by atoms with van der Waals surface area (Å²) in [7, 11) is 0. The van der Waals surface area contributed by atoms with E-state index in [4.69, 9.17) is 5.73 Å². The van der Waals surface area contributed by atoms with Gasteiger partial charge in [0, 0.05) is 24.2 Å². The summed E-state index contributed by atoms with van der Waals surface area (Å²) in [5.74, 6) is -0.224. The van der Waals surface area contributed by atoms with E-state index in [2.05, 4.69) is 9.78 Å². The van der Waals surface area contributed by atoms with Crippen LogP contribution in [-0.2, 0) is 6.42 Å². The van der Waals surface area contributed by atoms with Crippen molar-refractivity contribution in [1.82, 2.24) is 9.78 Å². The van der Waals surface area contributed by atoms with E-state index >= 15 is 0 Å². The van der Waals surface area contributed by atoms with Crippen LogP contribution in [0.2, 0.25) is 0 Å². The van der Waals surface area contributed by atoms with Gasteiger partial charge in [0.1, 0.15) is 5.82 Å². The second-order valence-electron chi connectivity index (χ2n) is 6.06. The van der Waals surface area contributed by atoms with E-state index in [1.165, 1.54) is 31.7 Å². The van der Waals surface area contributed by atoms with Crippen molar-refractivity contribution in [1.29, 1.82) is 0 Å². The van der Waals surface area contributed by atoms with E-state index in [-0.39, 0.29) is 11.9 Å². The highest BCUT2D eigenvalue weighted by molar-refractivity contribution is 5.26. The predicted octanol–water partition coefficient (Wildman–Crippen LogP) is 3.69. The number of rotatable bonds is 4. The minimum Gasteiger partial charge on any atom is -0.324 e. The first-order valence-corrected chi connectivity index (χ1v) is 7.69. The average Bonchev–Trinajstić information content (AvgIpc) is 3.08. The van der Waals surface area contributed by atoms with E-state index in [1.807, 2.05) is 25.3 Å². The number of nitrogens with zero attached hydrogens (tertiary/aromatic N) is 2. The summed E-state index contributed by atoms with van der Waals surface area (Å²) in [5.41, 5.74) is 8.57. The van der Waals surface area contributed by atoms with Gasteiger partial charge in [0.15, 0.2) is 0 Å². The van der Waals surface area contributed by atoms with Gasteiger partial charge in [-0.3, -0.25) is 4.68 Å². The highest BCUT2D eigenvalue weighted by atomic mass is 19.1. The lowest BCUT2D eigenvalue weighted by Crippen LogP contribution is -2.16. The maximum atomic E-state index is 13.9. The molecule has 1 saturated carbocycles. The van der Waals surface area contributed by atoms with Crippen molar-refractivity contribution in [2.24, 2.45) is 5.73 Å². The van der Waals surface area contributed by atoms with Crippen LogP contribution in [0.15, 0.2) is 30.5 Å². The van der Waals surface area contributed by atoms with Crippen LogP contribution in [-0.4, -0.2) is 9.78 Å². The van der Waals surface area contributed by atoms with Crippen LogP contribution >= 0.6 is 0 Å². The first-order chi connectivity index (χ1) is 10.1. The summed E-state index contributed by atoms with van der Waals surface area (Å²) >= 11 is 0.